The van der Waals surface area contributed by atoms with Gasteiger partial charge in [0.25, 0.3) is 12.0 Å². The molecule has 2 N–H and O–H groups in total. The van der Waals surface area contributed by atoms with E-state index in [2.05, 4.69) is 15.1 Å². The Morgan fingerprint density at radius 3 is 2.75 bits per heavy atom. The van der Waals surface area contributed by atoms with Crippen molar-refractivity contribution in [2.45, 2.75) is 6.43 Å². The molecule has 0 saturated heterocycles. The number of halogens is 2. The first kappa shape index (κ1) is 10.4. The first-order valence-corrected chi connectivity index (χ1v) is 4.28. The maximum absolute atomic E-state index is 12.4. The predicted octanol–water partition coefficient (Wildman–Crippen LogP) is 0.243. The Balaban J connectivity index is 2.87. The number of aryl methyl sites for hydroxylation is 1. The third-order valence-electron chi connectivity index (χ3n) is 2.04. The van der Waals surface area contributed by atoms with E-state index in [9.17, 15) is 13.6 Å². The van der Waals surface area contributed by atoms with E-state index >= 15 is 0 Å². The van der Waals surface area contributed by atoms with Crippen molar-refractivity contribution in [3.8, 4) is 0 Å². The fourth-order valence-electron chi connectivity index (χ4n) is 1.28. The molecule has 0 atom stereocenters. The van der Waals surface area contributed by atoms with Crippen molar-refractivity contribution in [2.24, 2.45) is 7.05 Å². The van der Waals surface area contributed by atoms with Crippen molar-refractivity contribution in [3.05, 3.63) is 22.4 Å². The van der Waals surface area contributed by atoms with E-state index in [1.165, 1.54) is 13.2 Å². The van der Waals surface area contributed by atoms with Gasteiger partial charge in [-0.2, -0.15) is 5.10 Å². The molecule has 6 nitrogen and oxygen atoms in total. The quantitative estimate of drug-likeness (QED) is 0.754. The molecule has 0 aliphatic carbocycles. The van der Waals surface area contributed by atoms with Gasteiger partial charge in [-0.1, -0.05) is 0 Å². The summed E-state index contributed by atoms with van der Waals surface area (Å²) < 4.78 is 25.8. The number of anilines is 1. The van der Waals surface area contributed by atoms with Crippen LogP contribution < -0.4 is 11.3 Å². The number of rotatable bonds is 1. The summed E-state index contributed by atoms with van der Waals surface area (Å²) in [5, 5.41) is 3.66. The zero-order valence-electron chi connectivity index (χ0n) is 8.19. The highest BCUT2D eigenvalue weighted by Crippen LogP contribution is 2.19. The number of hydrogen-bond acceptors (Lipinski definition) is 5. The molecule has 0 saturated carbocycles. The van der Waals surface area contributed by atoms with Gasteiger partial charge in [-0.25, -0.2) is 23.4 Å². The van der Waals surface area contributed by atoms with Crippen molar-refractivity contribution >= 4 is 16.7 Å². The molecule has 0 aliphatic heterocycles. The normalized spacial score (nSPS) is 11.2. The second-order valence-corrected chi connectivity index (χ2v) is 3.10. The minimum absolute atomic E-state index is 0.00176. The largest absolute Gasteiger partial charge is 0.383 e. The van der Waals surface area contributed by atoms with Crippen LogP contribution in [0.15, 0.2) is 11.0 Å². The molecule has 84 valence electrons. The second kappa shape index (κ2) is 3.47. The average Bonchev–Trinajstić information content (AvgIpc) is 2.22. The molecule has 0 bridgehead atoms. The Morgan fingerprint density at radius 2 is 2.12 bits per heavy atom. The molecular weight excluding hydrogens is 220 g/mol. The van der Waals surface area contributed by atoms with E-state index in [1.54, 1.807) is 0 Å². The summed E-state index contributed by atoms with van der Waals surface area (Å²) in [7, 11) is 1.42. The Labute approximate surface area is 87.7 Å². The van der Waals surface area contributed by atoms with E-state index in [4.69, 9.17) is 5.73 Å². The van der Waals surface area contributed by atoms with Crippen molar-refractivity contribution in [1.82, 2.24) is 19.7 Å². The lowest BCUT2D eigenvalue weighted by Crippen LogP contribution is -2.21. The highest BCUT2D eigenvalue weighted by atomic mass is 19.3. The Bertz CT molecular complexity index is 609. The van der Waals surface area contributed by atoms with Gasteiger partial charge in [-0.3, -0.25) is 4.79 Å². The van der Waals surface area contributed by atoms with Crippen LogP contribution in [0.3, 0.4) is 0 Å². The molecule has 0 unspecified atom stereocenters. The Hall–Kier alpha value is -2.12. The third-order valence-corrected chi connectivity index (χ3v) is 2.04. The summed E-state index contributed by atoms with van der Waals surface area (Å²) in [5.74, 6) is -0.969. The van der Waals surface area contributed by atoms with Crippen LogP contribution in [0.2, 0.25) is 0 Å². The van der Waals surface area contributed by atoms with Gasteiger partial charge >= 0.3 is 0 Å². The molecule has 0 spiro atoms. The van der Waals surface area contributed by atoms with Crippen molar-refractivity contribution in [1.29, 1.82) is 0 Å². The zero-order valence-corrected chi connectivity index (χ0v) is 8.19. The molecule has 2 aromatic rings. The first-order valence-electron chi connectivity index (χ1n) is 4.28. The summed E-state index contributed by atoms with van der Waals surface area (Å²) in [6, 6.07) is 0. The summed E-state index contributed by atoms with van der Waals surface area (Å²) in [6.45, 7) is 0. The van der Waals surface area contributed by atoms with Gasteiger partial charge in [0.15, 0.2) is 5.82 Å². The number of aromatic nitrogens is 4. The first-order chi connectivity index (χ1) is 7.50. The fourth-order valence-corrected chi connectivity index (χ4v) is 1.28. The van der Waals surface area contributed by atoms with Gasteiger partial charge < -0.3 is 5.73 Å². The van der Waals surface area contributed by atoms with Gasteiger partial charge in [0, 0.05) is 7.05 Å². The Kier molecular flexibility index (Phi) is 2.26. The monoisotopic (exact) mass is 227 g/mol. The van der Waals surface area contributed by atoms with Crippen LogP contribution in [0.1, 0.15) is 12.2 Å². The van der Waals surface area contributed by atoms with Crippen molar-refractivity contribution < 1.29 is 8.78 Å². The number of nitrogen functional groups attached to an aromatic ring is 1. The molecule has 2 rings (SSSR count). The lowest BCUT2D eigenvalue weighted by Gasteiger charge is -2.04. The van der Waals surface area contributed by atoms with Crippen LogP contribution in [-0.2, 0) is 7.05 Å². The van der Waals surface area contributed by atoms with E-state index in [0.717, 1.165) is 4.68 Å². The summed E-state index contributed by atoms with van der Waals surface area (Å²) in [4.78, 5) is 18.5. The van der Waals surface area contributed by atoms with Crippen LogP contribution >= 0.6 is 0 Å². The van der Waals surface area contributed by atoms with Crippen molar-refractivity contribution in [3.63, 3.8) is 0 Å². The average molecular weight is 227 g/mol. The highest BCUT2D eigenvalue weighted by Gasteiger charge is 2.16. The molecule has 0 radical (unpaired) electrons. The van der Waals surface area contributed by atoms with Crippen LogP contribution in [0, 0.1) is 0 Å². The van der Waals surface area contributed by atoms with Crippen LogP contribution in [0.5, 0.6) is 0 Å². The molecule has 0 fully saturated rings. The highest BCUT2D eigenvalue weighted by molar-refractivity contribution is 5.86. The van der Waals surface area contributed by atoms with Crippen LogP contribution in [-0.4, -0.2) is 19.7 Å². The standard InChI is InChI=1S/C8H7F2N5O/c1-15-8(16)4-3(2-12-15)13-7(5(9)10)14-6(4)11/h2,5H,1H3,(H2,11,13,14). The van der Waals surface area contributed by atoms with Gasteiger partial charge in [0.2, 0.25) is 0 Å². The maximum atomic E-state index is 12.4. The van der Waals surface area contributed by atoms with E-state index in [0.29, 0.717) is 0 Å². The molecule has 8 heteroatoms. The number of hydrogen-bond donors (Lipinski definition) is 1. The lowest BCUT2D eigenvalue weighted by molar-refractivity contribution is 0.141. The van der Waals surface area contributed by atoms with Gasteiger partial charge in [0.1, 0.15) is 16.7 Å². The number of nitrogens with zero attached hydrogens (tertiary/aromatic N) is 4. The molecule has 16 heavy (non-hydrogen) atoms. The Morgan fingerprint density at radius 1 is 1.44 bits per heavy atom. The summed E-state index contributed by atoms with van der Waals surface area (Å²) in [5.41, 5.74) is 4.94. The number of nitrogens with two attached hydrogens (primary N) is 1. The molecule has 0 amide bonds. The van der Waals surface area contributed by atoms with Crippen molar-refractivity contribution in [2.75, 3.05) is 5.73 Å². The number of alkyl halides is 2. The van der Waals surface area contributed by atoms with E-state index in [-0.39, 0.29) is 16.7 Å². The topological polar surface area (TPSA) is 86.7 Å². The fraction of sp³-hybridized carbons (Fsp3) is 0.250. The summed E-state index contributed by atoms with van der Waals surface area (Å²) >= 11 is 0. The molecule has 2 aromatic heterocycles. The molecular formula is C8H7F2N5O. The van der Waals surface area contributed by atoms with E-state index < -0.39 is 17.8 Å². The maximum Gasteiger partial charge on any atom is 0.297 e. The van der Waals surface area contributed by atoms with Crippen LogP contribution in [0.25, 0.3) is 10.9 Å². The lowest BCUT2D eigenvalue weighted by atomic mass is 10.3. The van der Waals surface area contributed by atoms with Gasteiger partial charge in [0.05, 0.1) is 6.20 Å². The van der Waals surface area contributed by atoms with E-state index in [1.807, 2.05) is 0 Å². The smallest absolute Gasteiger partial charge is 0.297 e. The van der Waals surface area contributed by atoms with Gasteiger partial charge in [-0.05, 0) is 0 Å². The summed E-state index contributed by atoms with van der Waals surface area (Å²) in [6.07, 6.45) is -1.64. The second-order valence-electron chi connectivity index (χ2n) is 3.10. The predicted molar refractivity (Wildman–Crippen MR) is 51.9 cm³/mol. The van der Waals surface area contributed by atoms with Crippen LogP contribution in [0.4, 0.5) is 14.6 Å². The number of fused-ring (bicyclic) bond motifs is 1. The van der Waals surface area contributed by atoms with Gasteiger partial charge in [-0.15, -0.1) is 0 Å². The minimum atomic E-state index is -2.84. The SMILES string of the molecule is Cn1ncc2nc(C(F)F)nc(N)c2c1=O. The molecule has 0 aliphatic rings. The minimum Gasteiger partial charge on any atom is -0.383 e. The third kappa shape index (κ3) is 1.47. The molecule has 0 aromatic carbocycles. The molecule has 2 heterocycles. The zero-order chi connectivity index (χ0) is 11.9.